The molecule has 2 nitrogen and oxygen atoms in total. The maximum Gasteiger partial charge on any atom is 0.0394 e. The van der Waals surface area contributed by atoms with Crippen LogP contribution in [0.3, 0.4) is 0 Å². The minimum Gasteiger partial charge on any atom is -0.398 e. The lowest BCUT2D eigenvalue weighted by molar-refractivity contribution is 0.550. The second kappa shape index (κ2) is 28.3. The second-order valence-electron chi connectivity index (χ2n) is 35.0. The van der Waals surface area contributed by atoms with Gasteiger partial charge in [0.15, 0.2) is 0 Å². The van der Waals surface area contributed by atoms with Crippen molar-refractivity contribution in [3.05, 3.63) is 379 Å². The van der Waals surface area contributed by atoms with Crippen LogP contribution in [0.15, 0.2) is 345 Å². The zero-order valence-electron chi connectivity index (χ0n) is 66.8. The first kappa shape index (κ1) is 73.4. The Balaban J connectivity index is 0.0000000958. The molecule has 28 rings (SSSR count). The number of fused-ring (bicyclic) bond motifs is 15. The van der Waals surface area contributed by atoms with Gasteiger partial charge in [0.25, 0.3) is 0 Å². The maximum atomic E-state index is 6.07. The molecule has 0 unspecified atom stereocenters. The van der Waals surface area contributed by atoms with Crippen LogP contribution >= 0.6 is 63.7 Å². The molecule has 6 heteroatoms. The van der Waals surface area contributed by atoms with Crippen LogP contribution in [0.2, 0.25) is 0 Å². The highest BCUT2D eigenvalue weighted by Crippen LogP contribution is 2.61. The number of hydrogen-bond acceptors (Lipinski definition) is 2. The minimum atomic E-state index is 0.176. The van der Waals surface area contributed by atoms with Gasteiger partial charge in [-0.1, -0.05) is 381 Å². The molecular formula is C115H82Br4N2. The zero-order chi connectivity index (χ0) is 80.7. The highest BCUT2D eigenvalue weighted by atomic mass is 79.9. The molecule has 3 saturated carbocycles. The van der Waals surface area contributed by atoms with Gasteiger partial charge in [-0.15, -0.1) is 0 Å². The lowest BCUT2D eigenvalue weighted by atomic mass is 9.76. The van der Waals surface area contributed by atoms with Gasteiger partial charge in [0.1, 0.15) is 0 Å². The molecule has 0 radical (unpaired) electrons. The molecule has 121 heavy (non-hydrogen) atoms. The summed E-state index contributed by atoms with van der Waals surface area (Å²) < 4.78 is 4.63. The number of benzene rings is 22. The van der Waals surface area contributed by atoms with Crippen molar-refractivity contribution < 1.29 is 0 Å². The van der Waals surface area contributed by atoms with Crippen molar-refractivity contribution in [2.45, 2.75) is 93.3 Å². The molecule has 0 bridgehead atoms. The third kappa shape index (κ3) is 11.1. The predicted molar refractivity (Wildman–Crippen MR) is 532 cm³/mol. The molecule has 6 aliphatic carbocycles. The Labute approximate surface area is 737 Å². The van der Waals surface area contributed by atoms with E-state index < -0.39 is 0 Å². The quantitative estimate of drug-likeness (QED) is 0.134. The van der Waals surface area contributed by atoms with E-state index in [1.54, 1.807) is 33.4 Å². The van der Waals surface area contributed by atoms with Crippen molar-refractivity contribution in [2.24, 2.45) is 0 Å². The smallest absolute Gasteiger partial charge is 0.0394 e. The molecule has 0 aliphatic heterocycles. The van der Waals surface area contributed by atoms with E-state index in [1.807, 2.05) is 12.1 Å². The average Bonchev–Trinajstić information content (AvgIpc) is 1.59. The molecule has 0 saturated heterocycles. The Bertz CT molecular complexity index is 7190. The van der Waals surface area contributed by atoms with Crippen molar-refractivity contribution in [3.63, 3.8) is 0 Å². The lowest BCUT2D eigenvalue weighted by Gasteiger charge is -2.27. The number of hydrogen-bond donors (Lipinski definition) is 2. The Morgan fingerprint density at radius 3 is 0.686 bits per heavy atom. The fourth-order valence-electron chi connectivity index (χ4n) is 23.8. The molecule has 0 atom stereocenters. The van der Waals surface area contributed by atoms with E-state index in [9.17, 15) is 0 Å². The van der Waals surface area contributed by atoms with Crippen LogP contribution in [0.25, 0.3) is 185 Å². The van der Waals surface area contributed by atoms with Crippen LogP contribution in [0.1, 0.15) is 110 Å². The summed E-state index contributed by atoms with van der Waals surface area (Å²) in [6.07, 6.45) is 15.7. The van der Waals surface area contributed by atoms with E-state index in [-0.39, 0.29) is 10.8 Å². The van der Waals surface area contributed by atoms with Crippen molar-refractivity contribution >= 4 is 204 Å². The monoisotopic (exact) mass is 1810 g/mol. The van der Waals surface area contributed by atoms with Crippen molar-refractivity contribution in [2.75, 3.05) is 11.5 Å². The van der Waals surface area contributed by atoms with E-state index in [1.165, 1.54) is 251 Å². The fourth-order valence-corrected chi connectivity index (χ4v) is 25.7. The number of halogens is 4. The van der Waals surface area contributed by atoms with Crippen LogP contribution < -0.4 is 11.5 Å². The van der Waals surface area contributed by atoms with Gasteiger partial charge in [-0.3, -0.25) is 0 Å². The molecule has 3 spiro atoms. The lowest BCUT2D eigenvalue weighted by Crippen LogP contribution is -2.20. The molecule has 0 aromatic heterocycles. The van der Waals surface area contributed by atoms with Crippen molar-refractivity contribution in [1.29, 1.82) is 0 Å². The summed E-state index contributed by atoms with van der Waals surface area (Å²) in [5.41, 5.74) is 38.0. The van der Waals surface area contributed by atoms with E-state index in [0.29, 0.717) is 5.41 Å². The average molecular weight is 1810 g/mol. The highest BCUT2D eigenvalue weighted by Gasteiger charge is 2.48. The second-order valence-corrected chi connectivity index (χ2v) is 38.4. The van der Waals surface area contributed by atoms with Gasteiger partial charge in [0.05, 0.1) is 0 Å². The summed E-state index contributed by atoms with van der Waals surface area (Å²) in [6.45, 7) is 0. The topological polar surface area (TPSA) is 52.0 Å². The Morgan fingerprint density at radius 2 is 0.388 bits per heavy atom. The Morgan fingerprint density at radius 1 is 0.182 bits per heavy atom. The van der Waals surface area contributed by atoms with Gasteiger partial charge in [-0.2, -0.15) is 0 Å². The molecule has 4 N–H and O–H groups in total. The summed E-state index contributed by atoms with van der Waals surface area (Å²) in [5.74, 6) is 0. The molecular weight excluding hydrogens is 1730 g/mol. The predicted octanol–water partition coefficient (Wildman–Crippen LogP) is 34.1. The van der Waals surface area contributed by atoms with E-state index >= 15 is 0 Å². The third-order valence-electron chi connectivity index (χ3n) is 29.2. The minimum absolute atomic E-state index is 0.176. The SMILES string of the molecule is Brc1ccc2ccc3c(Br)ccc4ccc1c2c43.Brc1ccc2ccc3c(Br)ccc4ccc1c2c43.Nc1ccc2ccc3c(N)ccc4ccc1c2c43.c1ccc2c(c1)-c1ccc(-c3ccc4ccc5c(-c6ccc7c(c6)C6(CCCC6)c6ccccc6-7)ccc6ccc3c4c65)cc1C21CCCC1.c1ccc2c(c1)-c1ccccc1C21CCCC1. The first-order chi connectivity index (χ1) is 59.4. The van der Waals surface area contributed by atoms with Crippen LogP contribution in [0.5, 0.6) is 0 Å². The standard InChI is InChI=1S/C50H38.C17H16.2C16H8Br2.C16H12N2/c1-3-11-43-37(9-1)39-21-17-33(29-45(39)49(43)25-5-6-26-49)35-19-13-31-16-24-42-36(20-14-32-15-23-41(35)47(31)48(32)42)34-18-22-40-38-10-2-4-12-44(38)50(46(40)30-34)27-7-8-28-50;1-3-9-15-13(7-1)14-8-2-4-10-16(14)17(15)11-5-6-12-17;3*17-13-8-4-10-2-6-12-14(18)7-3-9-1-5-11(13)16(10)15(9)12/h1-4,9-24,29-30H,5-8,25-28H2;1-4,7-10H,5-6,11-12H2;2*1-8H;1-8H,17-18H2. The number of nitrogens with two attached hydrogens (primary N) is 2. The van der Waals surface area contributed by atoms with E-state index in [2.05, 4.69) is 379 Å². The number of nitrogen functional groups attached to an aromatic ring is 2. The largest absolute Gasteiger partial charge is 0.398 e. The van der Waals surface area contributed by atoms with Crippen LogP contribution in [0.4, 0.5) is 11.4 Å². The maximum absolute atomic E-state index is 6.07. The van der Waals surface area contributed by atoms with Gasteiger partial charge < -0.3 is 11.5 Å². The molecule has 22 aromatic rings. The van der Waals surface area contributed by atoms with Gasteiger partial charge in [0.2, 0.25) is 0 Å². The molecule has 6 aliphatic rings. The Hall–Kier alpha value is -11.5. The Kier molecular flexibility index (Phi) is 17.2. The molecule has 3 fully saturated rings. The van der Waals surface area contributed by atoms with Crippen LogP contribution in [-0.2, 0) is 16.2 Å². The summed E-state index contributed by atoms with van der Waals surface area (Å²) >= 11 is 14.6. The first-order valence-corrected chi connectivity index (χ1v) is 46.2. The molecule has 0 heterocycles. The van der Waals surface area contributed by atoms with Crippen LogP contribution in [-0.4, -0.2) is 0 Å². The van der Waals surface area contributed by atoms with E-state index in [0.717, 1.165) is 40.0 Å². The van der Waals surface area contributed by atoms with E-state index in [4.69, 9.17) is 11.5 Å². The van der Waals surface area contributed by atoms with Gasteiger partial charge in [-0.05, 0) is 295 Å². The van der Waals surface area contributed by atoms with Crippen LogP contribution in [0, 0.1) is 0 Å². The van der Waals surface area contributed by atoms with Gasteiger partial charge in [0, 0.05) is 56.3 Å². The zero-order valence-corrected chi connectivity index (χ0v) is 73.2. The normalized spacial score (nSPS) is 15.3. The first-order valence-electron chi connectivity index (χ1n) is 43.1. The molecule has 22 aromatic carbocycles. The fraction of sp³-hybridized carbons (Fsp3) is 0.130. The molecule has 580 valence electrons. The summed E-state index contributed by atoms with van der Waals surface area (Å²) in [6, 6.07) is 121. The number of anilines is 2. The van der Waals surface area contributed by atoms with Gasteiger partial charge >= 0.3 is 0 Å². The van der Waals surface area contributed by atoms with Gasteiger partial charge in [-0.25, -0.2) is 0 Å². The van der Waals surface area contributed by atoms with Crippen molar-refractivity contribution in [1.82, 2.24) is 0 Å². The van der Waals surface area contributed by atoms with Crippen molar-refractivity contribution in [3.8, 4) is 55.6 Å². The number of rotatable bonds is 2. The molecule has 0 amide bonds. The summed E-state index contributed by atoms with van der Waals surface area (Å²) in [4.78, 5) is 0. The summed E-state index contributed by atoms with van der Waals surface area (Å²) in [7, 11) is 0. The summed E-state index contributed by atoms with van der Waals surface area (Å²) in [5, 5.41) is 31.0. The highest BCUT2D eigenvalue weighted by molar-refractivity contribution is 9.11. The third-order valence-corrected chi connectivity index (χ3v) is 32.0.